The first-order chi connectivity index (χ1) is 7.86. The van der Waals surface area contributed by atoms with Crippen molar-refractivity contribution in [1.82, 2.24) is 0 Å². The van der Waals surface area contributed by atoms with Crippen LogP contribution in [0, 0.1) is 13.8 Å². The first-order valence-corrected chi connectivity index (χ1v) is 5.54. The third-order valence-corrected chi connectivity index (χ3v) is 3.24. The van der Waals surface area contributed by atoms with Gasteiger partial charge in [-0.2, -0.15) is 0 Å². The third-order valence-electron chi connectivity index (χ3n) is 3.24. The fourth-order valence-electron chi connectivity index (χ4n) is 1.76. The molecule has 0 saturated carbocycles. The Hall–Kier alpha value is -1.55. The molecule has 0 bridgehead atoms. The second kappa shape index (κ2) is 4.75. The van der Waals surface area contributed by atoms with Crippen LogP contribution in [-0.2, 0) is 10.3 Å². The van der Waals surface area contributed by atoms with Gasteiger partial charge in [0.1, 0.15) is 11.3 Å². The van der Waals surface area contributed by atoms with Crippen molar-refractivity contribution in [3.8, 4) is 5.75 Å². The van der Waals surface area contributed by atoms with Gasteiger partial charge >= 0.3 is 5.97 Å². The fourth-order valence-corrected chi connectivity index (χ4v) is 1.76. The first kappa shape index (κ1) is 13.5. The summed E-state index contributed by atoms with van der Waals surface area (Å²) in [5.41, 5.74) is 7.16. The summed E-state index contributed by atoms with van der Waals surface area (Å²) in [7, 11) is 1.52. The number of hydrogen-bond acceptors (Lipinski definition) is 3. The van der Waals surface area contributed by atoms with Gasteiger partial charge in [-0.1, -0.05) is 6.92 Å². The summed E-state index contributed by atoms with van der Waals surface area (Å²) in [6, 6.07) is 3.62. The van der Waals surface area contributed by atoms with Crippen LogP contribution in [0.1, 0.15) is 30.0 Å². The average Bonchev–Trinajstić information content (AvgIpc) is 2.30. The molecule has 0 aromatic heterocycles. The highest BCUT2D eigenvalue weighted by molar-refractivity contribution is 5.81. The van der Waals surface area contributed by atoms with Gasteiger partial charge in [0.15, 0.2) is 0 Å². The summed E-state index contributed by atoms with van der Waals surface area (Å²) in [6.45, 7) is 5.63. The molecule has 0 saturated heterocycles. The van der Waals surface area contributed by atoms with Gasteiger partial charge in [-0.15, -0.1) is 0 Å². The van der Waals surface area contributed by atoms with Gasteiger partial charge in [0.25, 0.3) is 0 Å². The molecule has 1 unspecified atom stereocenters. The Morgan fingerprint density at radius 1 is 1.41 bits per heavy atom. The third kappa shape index (κ3) is 2.26. The number of hydrogen-bond donors (Lipinski definition) is 2. The fraction of sp³-hybridized carbons (Fsp3) is 0.462. The van der Waals surface area contributed by atoms with E-state index in [4.69, 9.17) is 10.5 Å². The molecule has 1 rings (SSSR count). The number of carboxylic acids is 1. The van der Waals surface area contributed by atoms with Crippen LogP contribution in [0.2, 0.25) is 0 Å². The highest BCUT2D eigenvalue weighted by Gasteiger charge is 2.37. The number of aryl methyl sites for hydroxylation is 2. The molecule has 0 heterocycles. The van der Waals surface area contributed by atoms with Crippen molar-refractivity contribution in [2.75, 3.05) is 7.11 Å². The molecule has 94 valence electrons. The monoisotopic (exact) mass is 237 g/mol. The minimum atomic E-state index is -1.40. The molecule has 0 fully saturated rings. The van der Waals surface area contributed by atoms with Crippen molar-refractivity contribution >= 4 is 5.97 Å². The second-order valence-electron chi connectivity index (χ2n) is 4.27. The van der Waals surface area contributed by atoms with Gasteiger partial charge in [-0.25, -0.2) is 4.79 Å². The Balaban J connectivity index is 3.48. The number of carbonyl (C=O) groups is 1. The Bertz CT molecular complexity index is 443. The highest BCUT2D eigenvalue weighted by Crippen LogP contribution is 2.33. The molecule has 0 aliphatic carbocycles. The van der Waals surface area contributed by atoms with Crippen LogP contribution in [0.15, 0.2) is 12.1 Å². The van der Waals surface area contributed by atoms with Crippen molar-refractivity contribution in [1.29, 1.82) is 0 Å². The van der Waals surface area contributed by atoms with E-state index in [1.165, 1.54) is 7.11 Å². The van der Waals surface area contributed by atoms with E-state index in [2.05, 4.69) is 0 Å². The summed E-state index contributed by atoms with van der Waals surface area (Å²) < 4.78 is 5.24. The molecule has 1 atom stereocenters. The second-order valence-corrected chi connectivity index (χ2v) is 4.27. The van der Waals surface area contributed by atoms with E-state index in [0.29, 0.717) is 17.7 Å². The molecule has 0 aliphatic heterocycles. The molecular weight excluding hydrogens is 218 g/mol. The Kier molecular flexibility index (Phi) is 3.78. The minimum absolute atomic E-state index is 0.307. The van der Waals surface area contributed by atoms with Crippen LogP contribution >= 0.6 is 0 Å². The topological polar surface area (TPSA) is 72.6 Å². The number of aliphatic carboxylic acids is 1. The Labute approximate surface area is 101 Å². The van der Waals surface area contributed by atoms with Crippen molar-refractivity contribution < 1.29 is 14.6 Å². The van der Waals surface area contributed by atoms with Gasteiger partial charge in [-0.05, 0) is 43.5 Å². The Morgan fingerprint density at radius 2 is 1.94 bits per heavy atom. The van der Waals surface area contributed by atoms with Crippen molar-refractivity contribution in [3.05, 3.63) is 28.8 Å². The standard InChI is InChI=1S/C13H19NO3/c1-5-13(14,12(15)16)10-6-8(2)9(3)7-11(10)17-4/h6-7H,5,14H2,1-4H3,(H,15,16). The number of carboxylic acid groups (broad SMARTS) is 1. The maximum atomic E-state index is 11.3. The highest BCUT2D eigenvalue weighted by atomic mass is 16.5. The van der Waals surface area contributed by atoms with Crippen LogP contribution in [0.25, 0.3) is 0 Å². The van der Waals surface area contributed by atoms with Crippen LogP contribution in [0.4, 0.5) is 0 Å². The molecule has 0 spiro atoms. The van der Waals surface area contributed by atoms with Gasteiger partial charge < -0.3 is 15.6 Å². The largest absolute Gasteiger partial charge is 0.496 e. The maximum absolute atomic E-state index is 11.3. The zero-order valence-corrected chi connectivity index (χ0v) is 10.7. The summed E-state index contributed by atoms with van der Waals surface area (Å²) in [5, 5.41) is 9.29. The molecule has 17 heavy (non-hydrogen) atoms. The van der Waals surface area contributed by atoms with Gasteiger partial charge in [0.2, 0.25) is 0 Å². The van der Waals surface area contributed by atoms with E-state index in [0.717, 1.165) is 11.1 Å². The van der Waals surface area contributed by atoms with Crippen molar-refractivity contribution in [2.45, 2.75) is 32.7 Å². The van der Waals surface area contributed by atoms with E-state index in [1.807, 2.05) is 19.9 Å². The lowest BCUT2D eigenvalue weighted by Gasteiger charge is -2.26. The van der Waals surface area contributed by atoms with E-state index in [1.54, 1.807) is 13.0 Å². The number of rotatable bonds is 4. The SMILES string of the molecule is CCC(N)(C(=O)O)c1cc(C)c(C)cc1OC. The van der Waals surface area contributed by atoms with Crippen LogP contribution < -0.4 is 10.5 Å². The molecule has 4 heteroatoms. The molecule has 0 amide bonds. The molecule has 3 N–H and O–H groups in total. The van der Waals surface area contributed by atoms with Crippen molar-refractivity contribution in [3.63, 3.8) is 0 Å². The van der Waals surface area contributed by atoms with Gasteiger partial charge in [0, 0.05) is 5.56 Å². The molecule has 0 radical (unpaired) electrons. The zero-order valence-electron chi connectivity index (χ0n) is 10.7. The summed E-state index contributed by atoms with van der Waals surface area (Å²) in [6.07, 6.45) is 0.307. The van der Waals surface area contributed by atoms with Gasteiger partial charge in [-0.3, -0.25) is 0 Å². The summed E-state index contributed by atoms with van der Waals surface area (Å²) >= 11 is 0. The molecule has 1 aromatic rings. The van der Waals surface area contributed by atoms with E-state index in [9.17, 15) is 9.90 Å². The van der Waals surface area contributed by atoms with E-state index >= 15 is 0 Å². The molecule has 0 aliphatic rings. The van der Waals surface area contributed by atoms with Crippen LogP contribution in [0.5, 0.6) is 5.75 Å². The number of benzene rings is 1. The van der Waals surface area contributed by atoms with Crippen LogP contribution in [0.3, 0.4) is 0 Å². The van der Waals surface area contributed by atoms with E-state index < -0.39 is 11.5 Å². The lowest BCUT2D eigenvalue weighted by atomic mass is 9.86. The average molecular weight is 237 g/mol. The van der Waals surface area contributed by atoms with Crippen LogP contribution in [-0.4, -0.2) is 18.2 Å². The van der Waals surface area contributed by atoms with E-state index in [-0.39, 0.29) is 0 Å². The number of ether oxygens (including phenoxy) is 1. The Morgan fingerprint density at radius 3 is 2.35 bits per heavy atom. The molecule has 4 nitrogen and oxygen atoms in total. The summed E-state index contributed by atoms with van der Waals surface area (Å²) in [4.78, 5) is 11.3. The van der Waals surface area contributed by atoms with Gasteiger partial charge in [0.05, 0.1) is 7.11 Å². The van der Waals surface area contributed by atoms with Crippen molar-refractivity contribution in [2.24, 2.45) is 5.73 Å². The normalized spacial score (nSPS) is 14.2. The predicted octanol–water partition coefficient (Wildman–Crippen LogP) is 1.96. The lowest BCUT2D eigenvalue weighted by Crippen LogP contribution is -2.44. The number of methoxy groups -OCH3 is 1. The summed E-state index contributed by atoms with van der Waals surface area (Å²) in [5.74, 6) is -0.513. The smallest absolute Gasteiger partial charge is 0.328 e. The molecule has 1 aromatic carbocycles. The quantitative estimate of drug-likeness (QED) is 0.839. The number of nitrogens with two attached hydrogens (primary N) is 1. The minimum Gasteiger partial charge on any atom is -0.496 e. The maximum Gasteiger partial charge on any atom is 0.328 e. The predicted molar refractivity (Wildman–Crippen MR) is 66.3 cm³/mol. The lowest BCUT2D eigenvalue weighted by molar-refractivity contribution is -0.144. The molecular formula is C13H19NO3. The first-order valence-electron chi connectivity index (χ1n) is 5.54. The zero-order chi connectivity index (χ0) is 13.2.